The smallest absolute Gasteiger partial charge is 0.229 e. The number of fused-ring (bicyclic) bond motifs is 2. The minimum atomic E-state index is 0.0166. The van der Waals surface area contributed by atoms with Crippen LogP contribution in [0.3, 0.4) is 0 Å². The zero-order valence-electron chi connectivity index (χ0n) is 17.6. The van der Waals surface area contributed by atoms with Crippen molar-refractivity contribution in [1.29, 1.82) is 0 Å². The normalized spacial score (nSPS) is 13.1. The van der Waals surface area contributed by atoms with Gasteiger partial charge in [0.25, 0.3) is 0 Å². The van der Waals surface area contributed by atoms with Crippen LogP contribution in [0.25, 0.3) is 22.5 Å². The summed E-state index contributed by atoms with van der Waals surface area (Å²) in [7, 11) is 0. The van der Waals surface area contributed by atoms with Crippen LogP contribution in [0, 0.1) is 6.92 Å². The van der Waals surface area contributed by atoms with Gasteiger partial charge in [0.05, 0.1) is 30.9 Å². The van der Waals surface area contributed by atoms with Gasteiger partial charge in [-0.1, -0.05) is 35.5 Å². The van der Waals surface area contributed by atoms with Gasteiger partial charge in [0, 0.05) is 23.3 Å². The Hall–Kier alpha value is -4.13. The average Bonchev–Trinajstić information content (AvgIpc) is 3.58. The van der Waals surface area contributed by atoms with E-state index in [4.69, 9.17) is 9.62 Å². The fourth-order valence-electron chi connectivity index (χ4n) is 4.41. The van der Waals surface area contributed by atoms with E-state index in [1.165, 1.54) is 0 Å². The molecule has 0 aliphatic carbocycles. The molecule has 1 aliphatic rings. The Labute approximate surface area is 184 Å². The molecule has 3 aromatic heterocycles. The highest BCUT2D eigenvalue weighted by atomic mass is 16.5. The van der Waals surface area contributed by atoms with Crippen LogP contribution in [0.4, 0.5) is 0 Å². The van der Waals surface area contributed by atoms with Gasteiger partial charge in [-0.25, -0.2) is 4.68 Å². The van der Waals surface area contributed by atoms with Crippen molar-refractivity contribution in [2.75, 3.05) is 0 Å². The Bertz CT molecular complexity index is 1440. The van der Waals surface area contributed by atoms with E-state index in [9.17, 15) is 4.79 Å². The van der Waals surface area contributed by atoms with Gasteiger partial charge < -0.3 is 14.0 Å². The highest BCUT2D eigenvalue weighted by Gasteiger charge is 2.32. The number of hydrogen-bond acceptors (Lipinski definition) is 4. The number of aromatic nitrogens is 4. The second-order valence-electron chi connectivity index (χ2n) is 8.09. The second-order valence-corrected chi connectivity index (χ2v) is 8.09. The van der Waals surface area contributed by atoms with Crippen LogP contribution >= 0.6 is 0 Å². The molecule has 32 heavy (non-hydrogen) atoms. The quantitative estimate of drug-likeness (QED) is 0.435. The minimum absolute atomic E-state index is 0.0166. The van der Waals surface area contributed by atoms with Gasteiger partial charge >= 0.3 is 0 Å². The van der Waals surface area contributed by atoms with E-state index in [1.54, 1.807) is 0 Å². The van der Waals surface area contributed by atoms with Crippen molar-refractivity contribution in [2.24, 2.45) is 0 Å². The summed E-state index contributed by atoms with van der Waals surface area (Å²) < 4.78 is 9.42. The van der Waals surface area contributed by atoms with Crippen molar-refractivity contribution in [1.82, 2.24) is 24.4 Å². The molecule has 0 unspecified atom stereocenters. The lowest BCUT2D eigenvalue weighted by Crippen LogP contribution is -2.28. The molecule has 0 radical (unpaired) electrons. The van der Waals surface area contributed by atoms with Crippen molar-refractivity contribution in [3.8, 4) is 11.5 Å². The molecule has 0 saturated heterocycles. The van der Waals surface area contributed by atoms with Crippen LogP contribution in [0.5, 0.6) is 0 Å². The first-order valence-electron chi connectivity index (χ1n) is 10.6. The van der Waals surface area contributed by atoms with E-state index >= 15 is 0 Å². The Kier molecular flexibility index (Phi) is 4.21. The zero-order chi connectivity index (χ0) is 21.7. The summed E-state index contributed by atoms with van der Waals surface area (Å²) >= 11 is 0. The van der Waals surface area contributed by atoms with E-state index in [1.807, 2.05) is 70.5 Å². The maximum atomic E-state index is 13.1. The van der Waals surface area contributed by atoms with E-state index in [0.717, 1.165) is 33.7 Å². The first-order chi connectivity index (χ1) is 15.7. The third kappa shape index (κ3) is 2.93. The topological polar surface area (TPSA) is 69.1 Å². The first-order valence-corrected chi connectivity index (χ1v) is 10.6. The molecule has 4 heterocycles. The molecular weight excluding hydrogens is 402 g/mol. The molecule has 0 fully saturated rings. The van der Waals surface area contributed by atoms with Gasteiger partial charge in [-0.3, -0.25) is 4.79 Å². The summed E-state index contributed by atoms with van der Waals surface area (Å²) in [5, 5.41) is 9.93. The Balaban J connectivity index is 1.33. The molecule has 6 rings (SSSR count). The number of carbonyl (C=O) groups is 1. The van der Waals surface area contributed by atoms with Gasteiger partial charge in [-0.15, -0.1) is 0 Å². The minimum Gasteiger partial charge on any atom is -0.356 e. The van der Waals surface area contributed by atoms with E-state index in [2.05, 4.69) is 28.8 Å². The van der Waals surface area contributed by atoms with E-state index in [-0.39, 0.29) is 12.3 Å². The van der Waals surface area contributed by atoms with Crippen LogP contribution in [-0.4, -0.2) is 30.3 Å². The maximum absolute atomic E-state index is 13.1. The molecule has 0 spiro atoms. The highest BCUT2D eigenvalue weighted by molar-refractivity contribution is 5.86. The van der Waals surface area contributed by atoms with Crippen LogP contribution in [0.15, 0.2) is 77.6 Å². The molecule has 0 N–H and O–H groups in total. The lowest BCUT2D eigenvalue weighted by atomic mass is 10.1. The maximum Gasteiger partial charge on any atom is 0.229 e. The second kappa shape index (κ2) is 7.23. The third-order valence-electron chi connectivity index (χ3n) is 6.05. The van der Waals surface area contributed by atoms with Crippen molar-refractivity contribution < 1.29 is 9.32 Å². The number of rotatable bonds is 4. The van der Waals surface area contributed by atoms with Crippen molar-refractivity contribution >= 4 is 16.9 Å². The highest BCUT2D eigenvalue weighted by Crippen LogP contribution is 2.32. The summed E-state index contributed by atoms with van der Waals surface area (Å²) in [4.78, 5) is 15.0. The van der Waals surface area contributed by atoms with Gasteiger partial charge in [0.1, 0.15) is 11.5 Å². The molecule has 158 valence electrons. The van der Waals surface area contributed by atoms with Crippen LogP contribution in [-0.2, 0) is 24.3 Å². The molecule has 0 bridgehead atoms. The monoisotopic (exact) mass is 423 g/mol. The van der Waals surface area contributed by atoms with Crippen molar-refractivity contribution in [2.45, 2.75) is 26.4 Å². The van der Waals surface area contributed by atoms with Gasteiger partial charge in [-0.05, 0) is 42.8 Å². The predicted molar refractivity (Wildman–Crippen MR) is 120 cm³/mol. The lowest BCUT2D eigenvalue weighted by Gasteiger charge is -2.17. The summed E-state index contributed by atoms with van der Waals surface area (Å²) in [6.45, 7) is 3.08. The fraction of sp³-hybridized carbons (Fsp3) is 0.160. The summed E-state index contributed by atoms with van der Waals surface area (Å²) in [5.41, 5.74) is 5.55. The Morgan fingerprint density at radius 1 is 1.00 bits per heavy atom. The molecule has 1 amide bonds. The van der Waals surface area contributed by atoms with Crippen molar-refractivity contribution in [3.63, 3.8) is 0 Å². The van der Waals surface area contributed by atoms with Gasteiger partial charge in [0.2, 0.25) is 5.91 Å². The number of carbonyl (C=O) groups excluding carboxylic acids is 1. The zero-order valence-corrected chi connectivity index (χ0v) is 17.6. The van der Waals surface area contributed by atoms with Crippen LogP contribution < -0.4 is 0 Å². The summed E-state index contributed by atoms with van der Waals surface area (Å²) in [5.74, 6) is 0.990. The largest absolute Gasteiger partial charge is 0.356 e. The average molecular weight is 423 g/mol. The standard InChI is InChI=1S/C25H21N5O2/c1-17-8-2-4-10-22(17)30-25(28-12-6-7-13-28)19-15-29(16-21(19)26-30)24(31)14-20-18-9-3-5-11-23(18)32-27-20/h2-13H,14-16H2,1H3. The summed E-state index contributed by atoms with van der Waals surface area (Å²) in [6.07, 6.45) is 4.23. The SMILES string of the molecule is Cc1ccccc1-n1nc2c(c1-n1cccc1)CN(C(=O)Cc1noc3ccccc13)C2. The lowest BCUT2D eigenvalue weighted by molar-refractivity contribution is -0.131. The molecule has 7 heteroatoms. The number of amides is 1. The molecule has 0 atom stereocenters. The molecular formula is C25H21N5O2. The van der Waals surface area contributed by atoms with Crippen molar-refractivity contribution in [3.05, 3.63) is 95.6 Å². The van der Waals surface area contributed by atoms with E-state index in [0.29, 0.717) is 24.4 Å². The number of hydrogen-bond donors (Lipinski definition) is 0. The number of aryl methyl sites for hydroxylation is 1. The Morgan fingerprint density at radius 3 is 2.62 bits per heavy atom. The first kappa shape index (κ1) is 18.6. The predicted octanol–water partition coefficient (Wildman–Crippen LogP) is 4.20. The number of nitrogens with zero attached hydrogens (tertiary/aromatic N) is 5. The van der Waals surface area contributed by atoms with Crippen LogP contribution in [0.1, 0.15) is 22.5 Å². The molecule has 5 aromatic rings. The molecule has 1 aliphatic heterocycles. The van der Waals surface area contributed by atoms with Gasteiger partial charge in [-0.2, -0.15) is 5.10 Å². The number of para-hydroxylation sites is 2. The van der Waals surface area contributed by atoms with Gasteiger partial charge in [0.15, 0.2) is 5.58 Å². The molecule has 0 saturated carbocycles. The summed E-state index contributed by atoms with van der Waals surface area (Å²) in [6, 6.07) is 19.8. The van der Waals surface area contributed by atoms with E-state index < -0.39 is 0 Å². The molecule has 2 aromatic carbocycles. The fourth-order valence-corrected chi connectivity index (χ4v) is 4.41. The third-order valence-corrected chi connectivity index (χ3v) is 6.05. The van der Waals surface area contributed by atoms with Crippen LogP contribution in [0.2, 0.25) is 0 Å². The molecule has 7 nitrogen and oxygen atoms in total. The number of benzene rings is 2. The Morgan fingerprint density at radius 2 is 1.78 bits per heavy atom.